The number of benzene rings is 1. The molecule has 3 nitrogen and oxygen atoms in total. The minimum Gasteiger partial charge on any atom is -0.391 e. The molecule has 0 amide bonds. The van der Waals surface area contributed by atoms with Gasteiger partial charge < -0.3 is 10.8 Å². The molecular weight excluding hydrogens is 164 g/mol. The monoisotopic (exact) mass is 176 g/mol. The molecule has 3 N–H and O–H groups in total. The Morgan fingerprint density at radius 1 is 1.54 bits per heavy atom. The standard InChI is InChI=1S/C10H12N2O/c1-7(13)10(12)9-4-2-3-8(5-9)6-11/h2-5,7,10,13H,12H2,1H3/t7-,10+/m1/s1. The van der Waals surface area contributed by atoms with Crippen LogP contribution in [0.5, 0.6) is 0 Å². The Labute approximate surface area is 77.4 Å². The molecule has 0 saturated carbocycles. The van der Waals surface area contributed by atoms with E-state index in [0.717, 1.165) is 5.56 Å². The highest BCUT2D eigenvalue weighted by Gasteiger charge is 2.11. The van der Waals surface area contributed by atoms with Crippen molar-refractivity contribution in [2.24, 2.45) is 5.73 Å². The Morgan fingerprint density at radius 3 is 2.77 bits per heavy atom. The third-order valence-corrected chi connectivity index (χ3v) is 1.92. The summed E-state index contributed by atoms with van der Waals surface area (Å²) in [4.78, 5) is 0. The summed E-state index contributed by atoms with van der Waals surface area (Å²) in [6.07, 6.45) is -0.603. The van der Waals surface area contributed by atoms with Crippen LogP contribution in [0.15, 0.2) is 24.3 Å². The van der Waals surface area contributed by atoms with Crippen molar-refractivity contribution >= 4 is 0 Å². The Hall–Kier alpha value is -1.37. The van der Waals surface area contributed by atoms with Gasteiger partial charge in [0, 0.05) is 0 Å². The first-order valence-electron chi connectivity index (χ1n) is 4.09. The predicted octanol–water partition coefficient (Wildman–Crippen LogP) is 0.939. The average Bonchev–Trinajstić information content (AvgIpc) is 2.16. The molecule has 0 spiro atoms. The van der Waals surface area contributed by atoms with Crippen LogP contribution in [0.4, 0.5) is 0 Å². The van der Waals surface area contributed by atoms with Crippen molar-refractivity contribution in [1.29, 1.82) is 5.26 Å². The van der Waals surface area contributed by atoms with Crippen LogP contribution in [-0.2, 0) is 0 Å². The van der Waals surface area contributed by atoms with Gasteiger partial charge in [-0.15, -0.1) is 0 Å². The van der Waals surface area contributed by atoms with E-state index in [0.29, 0.717) is 5.56 Å². The first-order valence-corrected chi connectivity index (χ1v) is 4.09. The molecule has 68 valence electrons. The maximum Gasteiger partial charge on any atom is 0.0991 e. The van der Waals surface area contributed by atoms with Gasteiger partial charge in [0.15, 0.2) is 0 Å². The second-order valence-electron chi connectivity index (χ2n) is 3.00. The van der Waals surface area contributed by atoms with Crippen molar-refractivity contribution in [2.45, 2.75) is 19.1 Å². The number of nitrogens with two attached hydrogens (primary N) is 1. The van der Waals surface area contributed by atoms with Crippen molar-refractivity contribution in [1.82, 2.24) is 0 Å². The lowest BCUT2D eigenvalue weighted by Crippen LogP contribution is -2.23. The maximum absolute atomic E-state index is 9.23. The Balaban J connectivity index is 2.96. The van der Waals surface area contributed by atoms with Crippen molar-refractivity contribution in [3.05, 3.63) is 35.4 Å². The molecule has 1 aromatic rings. The van der Waals surface area contributed by atoms with Gasteiger partial charge in [0.25, 0.3) is 0 Å². The van der Waals surface area contributed by atoms with Crippen LogP contribution in [0.25, 0.3) is 0 Å². The molecule has 13 heavy (non-hydrogen) atoms. The van der Waals surface area contributed by atoms with Gasteiger partial charge >= 0.3 is 0 Å². The normalized spacial score (nSPS) is 14.6. The largest absolute Gasteiger partial charge is 0.391 e. The molecule has 1 rings (SSSR count). The second kappa shape index (κ2) is 4.04. The van der Waals surface area contributed by atoms with Gasteiger partial charge in [-0.05, 0) is 24.6 Å². The van der Waals surface area contributed by atoms with Crippen LogP contribution >= 0.6 is 0 Å². The average molecular weight is 176 g/mol. The third-order valence-electron chi connectivity index (χ3n) is 1.92. The molecule has 0 aliphatic heterocycles. The summed E-state index contributed by atoms with van der Waals surface area (Å²) in [6, 6.07) is 8.56. The van der Waals surface area contributed by atoms with Crippen LogP contribution in [-0.4, -0.2) is 11.2 Å². The number of hydrogen-bond donors (Lipinski definition) is 2. The molecule has 0 bridgehead atoms. The molecule has 0 aromatic heterocycles. The molecular formula is C10H12N2O. The van der Waals surface area contributed by atoms with Crippen molar-refractivity contribution in [2.75, 3.05) is 0 Å². The molecule has 0 saturated heterocycles. The van der Waals surface area contributed by atoms with Gasteiger partial charge in [-0.25, -0.2) is 0 Å². The number of rotatable bonds is 2. The Bertz CT molecular complexity index is 328. The summed E-state index contributed by atoms with van der Waals surface area (Å²) in [5.41, 5.74) is 7.05. The van der Waals surface area contributed by atoms with Crippen LogP contribution in [0.3, 0.4) is 0 Å². The molecule has 0 heterocycles. The molecule has 0 radical (unpaired) electrons. The van der Waals surface area contributed by atoms with E-state index in [1.165, 1.54) is 0 Å². The zero-order valence-corrected chi connectivity index (χ0v) is 7.44. The lowest BCUT2D eigenvalue weighted by atomic mass is 10.0. The SMILES string of the molecule is C[C@@H](O)[C@H](N)c1cccc(C#N)c1. The van der Waals surface area contributed by atoms with Crippen LogP contribution < -0.4 is 5.73 Å². The highest BCUT2D eigenvalue weighted by atomic mass is 16.3. The Morgan fingerprint density at radius 2 is 2.23 bits per heavy atom. The zero-order chi connectivity index (χ0) is 9.84. The lowest BCUT2D eigenvalue weighted by Gasteiger charge is -2.14. The maximum atomic E-state index is 9.23. The molecule has 0 aliphatic rings. The highest BCUT2D eigenvalue weighted by molar-refractivity contribution is 5.34. The van der Waals surface area contributed by atoms with E-state index >= 15 is 0 Å². The molecule has 1 aromatic carbocycles. The molecule has 2 atom stereocenters. The van der Waals surface area contributed by atoms with Crippen LogP contribution in [0.1, 0.15) is 24.1 Å². The molecule has 0 aliphatic carbocycles. The molecule has 3 heteroatoms. The minimum atomic E-state index is -0.603. The van der Waals surface area contributed by atoms with E-state index in [9.17, 15) is 5.11 Å². The molecule has 0 fully saturated rings. The number of hydrogen-bond acceptors (Lipinski definition) is 3. The number of nitrogens with zero attached hydrogens (tertiary/aromatic N) is 1. The van der Waals surface area contributed by atoms with Gasteiger partial charge in [0.05, 0.1) is 23.8 Å². The predicted molar refractivity (Wildman–Crippen MR) is 49.8 cm³/mol. The fourth-order valence-electron chi connectivity index (χ4n) is 1.09. The van der Waals surface area contributed by atoms with Crippen LogP contribution in [0, 0.1) is 11.3 Å². The highest BCUT2D eigenvalue weighted by Crippen LogP contribution is 2.14. The van der Waals surface area contributed by atoms with E-state index in [2.05, 4.69) is 0 Å². The van der Waals surface area contributed by atoms with Crippen molar-refractivity contribution < 1.29 is 5.11 Å². The summed E-state index contributed by atoms with van der Waals surface area (Å²) in [6.45, 7) is 1.63. The Kier molecular flexibility index (Phi) is 3.02. The number of nitriles is 1. The van der Waals surface area contributed by atoms with E-state index in [-0.39, 0.29) is 0 Å². The van der Waals surface area contributed by atoms with Gasteiger partial charge in [-0.2, -0.15) is 5.26 Å². The van der Waals surface area contributed by atoms with Crippen molar-refractivity contribution in [3.8, 4) is 6.07 Å². The quantitative estimate of drug-likeness (QED) is 0.704. The van der Waals surface area contributed by atoms with E-state index < -0.39 is 12.1 Å². The number of aliphatic hydroxyl groups is 1. The topological polar surface area (TPSA) is 70.0 Å². The fourth-order valence-corrected chi connectivity index (χ4v) is 1.09. The fraction of sp³-hybridized carbons (Fsp3) is 0.300. The third kappa shape index (κ3) is 2.28. The van der Waals surface area contributed by atoms with Gasteiger partial charge in [0.1, 0.15) is 0 Å². The lowest BCUT2D eigenvalue weighted by molar-refractivity contribution is 0.164. The smallest absolute Gasteiger partial charge is 0.0991 e. The van der Waals surface area contributed by atoms with Gasteiger partial charge in [0.2, 0.25) is 0 Å². The van der Waals surface area contributed by atoms with Crippen LogP contribution in [0.2, 0.25) is 0 Å². The van der Waals surface area contributed by atoms with E-state index in [1.807, 2.05) is 6.07 Å². The first kappa shape index (κ1) is 9.72. The van der Waals surface area contributed by atoms with Gasteiger partial charge in [-0.1, -0.05) is 12.1 Å². The summed E-state index contributed by atoms with van der Waals surface area (Å²) in [5.74, 6) is 0. The number of aliphatic hydroxyl groups excluding tert-OH is 1. The molecule has 0 unspecified atom stereocenters. The van der Waals surface area contributed by atoms with Crippen molar-refractivity contribution in [3.63, 3.8) is 0 Å². The minimum absolute atomic E-state index is 0.423. The summed E-state index contributed by atoms with van der Waals surface area (Å²) in [5, 5.41) is 17.9. The second-order valence-corrected chi connectivity index (χ2v) is 3.00. The van der Waals surface area contributed by atoms with Gasteiger partial charge in [-0.3, -0.25) is 0 Å². The summed E-state index contributed by atoms with van der Waals surface area (Å²) < 4.78 is 0. The zero-order valence-electron chi connectivity index (χ0n) is 7.44. The summed E-state index contributed by atoms with van der Waals surface area (Å²) >= 11 is 0. The van der Waals surface area contributed by atoms with E-state index in [4.69, 9.17) is 11.0 Å². The summed E-state index contributed by atoms with van der Waals surface area (Å²) in [7, 11) is 0. The van der Waals surface area contributed by atoms with E-state index in [1.54, 1.807) is 31.2 Å². The first-order chi connectivity index (χ1) is 6.15.